The van der Waals surface area contributed by atoms with Crippen LogP contribution >= 0.6 is 23.5 Å². The van der Waals surface area contributed by atoms with Crippen LogP contribution in [-0.4, -0.2) is 85.7 Å². The van der Waals surface area contributed by atoms with Crippen molar-refractivity contribution in [2.45, 2.75) is 18.4 Å². The second kappa shape index (κ2) is 14.0. The molecule has 1 N–H and O–H groups in total. The van der Waals surface area contributed by atoms with Gasteiger partial charge in [0.05, 0.1) is 40.3 Å². The van der Waals surface area contributed by atoms with E-state index < -0.39 is 0 Å². The molecule has 9 nitrogen and oxygen atoms in total. The molecule has 3 aromatic carbocycles. The van der Waals surface area contributed by atoms with E-state index in [0.29, 0.717) is 41.0 Å². The van der Waals surface area contributed by atoms with E-state index in [1.54, 1.807) is 28.8 Å². The largest absolute Gasteiger partial charge is 0.492 e. The number of fused-ring (bicyclic) bond motifs is 1. The van der Waals surface area contributed by atoms with Gasteiger partial charge in [-0.25, -0.2) is 4.99 Å². The van der Waals surface area contributed by atoms with Crippen molar-refractivity contribution >= 4 is 51.7 Å². The number of carbonyl (C=O) groups is 1. The average Bonchev–Trinajstić information content (AvgIpc) is 3.54. The predicted octanol–water partition coefficient (Wildman–Crippen LogP) is 5.79. The van der Waals surface area contributed by atoms with Crippen LogP contribution in [0.4, 0.5) is 17.1 Å². The third-order valence-electron chi connectivity index (χ3n) is 8.03. The zero-order valence-electron chi connectivity index (χ0n) is 25.8. The maximum Gasteiger partial charge on any atom is 0.269 e. The fraction of sp³-hybridized carbons (Fsp3) is 0.324. The highest BCUT2D eigenvalue weighted by molar-refractivity contribution is 8.19. The van der Waals surface area contributed by atoms with Gasteiger partial charge < -0.3 is 19.9 Å². The molecule has 45 heavy (non-hydrogen) atoms. The summed E-state index contributed by atoms with van der Waals surface area (Å²) in [6, 6.07) is 23.7. The number of aliphatic imine (C=N–C) groups is 1. The van der Waals surface area contributed by atoms with E-state index >= 15 is 0 Å². The van der Waals surface area contributed by atoms with E-state index in [9.17, 15) is 10.1 Å². The normalized spacial score (nSPS) is 19.7. The minimum Gasteiger partial charge on any atom is -0.492 e. The number of thioether (sulfide) groups is 2. The molecule has 0 bridgehead atoms. The number of carbonyl (C=O) groups excluding carboxylic acids is 1. The van der Waals surface area contributed by atoms with Crippen LogP contribution in [-0.2, 0) is 11.3 Å². The van der Waals surface area contributed by atoms with Gasteiger partial charge in [-0.15, -0.1) is 0 Å². The van der Waals surface area contributed by atoms with E-state index in [-0.39, 0.29) is 5.91 Å². The Hall–Kier alpha value is -3.95. The highest BCUT2D eigenvalue weighted by Crippen LogP contribution is 2.51. The summed E-state index contributed by atoms with van der Waals surface area (Å²) in [6.45, 7) is 8.98. The third-order valence-corrected chi connectivity index (χ3v) is 10.5. The third kappa shape index (κ3) is 6.99. The van der Waals surface area contributed by atoms with Gasteiger partial charge in [-0.1, -0.05) is 42.1 Å². The van der Waals surface area contributed by atoms with Crippen molar-refractivity contribution in [1.29, 1.82) is 5.26 Å². The zero-order valence-corrected chi connectivity index (χ0v) is 27.5. The van der Waals surface area contributed by atoms with Crippen LogP contribution in [0.5, 0.6) is 5.75 Å². The number of ether oxygens (including phenoxy) is 1. The molecule has 3 heterocycles. The molecule has 2 saturated heterocycles. The minimum absolute atomic E-state index is 0.0881. The van der Waals surface area contributed by atoms with Crippen molar-refractivity contribution in [3.8, 4) is 11.8 Å². The van der Waals surface area contributed by atoms with Crippen LogP contribution < -0.4 is 15.0 Å². The standard InChI is InChI=1S/C34H37N7O2S2/c1-4-36-27-12-10-25(22-35)20-28(27)37-34-41(23-24-8-6-5-7-9-24)32(42)31(45-34)33-39(3)29-21-26(11-13-30(29)44-33)43-19-18-40-16-14-38(2)15-17-40/h5-13,20-21,36H,4,14-19,23H2,1-3H3. The number of hydrogen-bond acceptors (Lipinski definition) is 10. The summed E-state index contributed by atoms with van der Waals surface area (Å²) in [6.07, 6.45) is 0. The quantitative estimate of drug-likeness (QED) is 0.293. The van der Waals surface area contributed by atoms with E-state index in [2.05, 4.69) is 45.3 Å². The molecule has 0 spiro atoms. The number of amides is 1. The molecule has 0 atom stereocenters. The minimum atomic E-state index is -0.0881. The molecular formula is C34H37N7O2S2. The van der Waals surface area contributed by atoms with Gasteiger partial charge in [0, 0.05) is 57.3 Å². The molecule has 3 aliphatic rings. The number of anilines is 2. The zero-order chi connectivity index (χ0) is 31.3. The van der Waals surface area contributed by atoms with Crippen molar-refractivity contribution in [2.24, 2.45) is 4.99 Å². The van der Waals surface area contributed by atoms with Crippen molar-refractivity contribution in [1.82, 2.24) is 14.7 Å². The Bertz CT molecular complexity index is 1660. The van der Waals surface area contributed by atoms with Gasteiger partial charge in [0.1, 0.15) is 17.3 Å². The van der Waals surface area contributed by atoms with Gasteiger partial charge in [-0.2, -0.15) is 5.26 Å². The summed E-state index contributed by atoms with van der Waals surface area (Å²) in [5.41, 5.74) is 3.99. The number of benzene rings is 3. The molecule has 2 fully saturated rings. The molecule has 232 valence electrons. The molecule has 0 aliphatic carbocycles. The number of likely N-dealkylation sites (N-methyl/N-ethyl adjacent to an activating group) is 1. The summed E-state index contributed by atoms with van der Waals surface area (Å²) in [4.78, 5) is 29.4. The van der Waals surface area contributed by atoms with Gasteiger partial charge in [0.2, 0.25) is 0 Å². The molecule has 3 aromatic rings. The van der Waals surface area contributed by atoms with Crippen LogP contribution in [0.2, 0.25) is 0 Å². The number of rotatable bonds is 9. The summed E-state index contributed by atoms with van der Waals surface area (Å²) in [5.74, 6) is 0.739. The first-order valence-corrected chi connectivity index (χ1v) is 16.8. The molecule has 1 amide bonds. The van der Waals surface area contributed by atoms with Crippen molar-refractivity contribution in [3.05, 3.63) is 87.8 Å². The van der Waals surface area contributed by atoms with Crippen molar-refractivity contribution in [3.63, 3.8) is 0 Å². The van der Waals surface area contributed by atoms with Crippen LogP contribution in [0.3, 0.4) is 0 Å². The maximum atomic E-state index is 14.1. The van der Waals surface area contributed by atoms with Gasteiger partial charge in [-0.05, 0) is 61.6 Å². The number of nitrogens with zero attached hydrogens (tertiary/aromatic N) is 6. The van der Waals surface area contributed by atoms with E-state index in [0.717, 1.165) is 65.3 Å². The van der Waals surface area contributed by atoms with Crippen molar-refractivity contribution in [2.75, 3.05) is 70.2 Å². The predicted molar refractivity (Wildman–Crippen MR) is 184 cm³/mol. The number of nitriles is 1. The fourth-order valence-electron chi connectivity index (χ4n) is 5.44. The first-order valence-electron chi connectivity index (χ1n) is 15.2. The maximum absolute atomic E-state index is 14.1. The lowest BCUT2D eigenvalue weighted by Gasteiger charge is -2.32. The summed E-state index contributed by atoms with van der Waals surface area (Å²) < 4.78 is 6.17. The van der Waals surface area contributed by atoms with Crippen LogP contribution in [0.1, 0.15) is 18.1 Å². The highest BCUT2D eigenvalue weighted by Gasteiger charge is 2.39. The van der Waals surface area contributed by atoms with E-state index in [4.69, 9.17) is 9.73 Å². The molecule has 6 rings (SSSR count). The van der Waals surface area contributed by atoms with Gasteiger partial charge in [0.25, 0.3) is 5.91 Å². The first-order chi connectivity index (χ1) is 21.9. The Balaban J connectivity index is 1.26. The highest BCUT2D eigenvalue weighted by atomic mass is 32.2. The van der Waals surface area contributed by atoms with Gasteiger partial charge >= 0.3 is 0 Å². The Morgan fingerprint density at radius 1 is 1.00 bits per heavy atom. The van der Waals surface area contributed by atoms with Gasteiger partial charge in [0.15, 0.2) is 5.17 Å². The molecule has 3 aliphatic heterocycles. The SMILES string of the molecule is CCNc1ccc(C#N)cc1N=C1SC(=C2Sc3ccc(OCCN4CCN(C)CC4)cc3N2C)C(=O)N1Cc1ccccc1. The number of amidine groups is 1. The van der Waals surface area contributed by atoms with Crippen LogP contribution in [0, 0.1) is 11.3 Å². The second-order valence-electron chi connectivity index (χ2n) is 11.2. The Labute approximate surface area is 273 Å². The van der Waals surface area contributed by atoms with Crippen LogP contribution in [0.25, 0.3) is 0 Å². The van der Waals surface area contributed by atoms with Gasteiger partial charge in [-0.3, -0.25) is 14.6 Å². The summed E-state index contributed by atoms with van der Waals surface area (Å²) >= 11 is 2.97. The number of piperazine rings is 1. The average molecular weight is 640 g/mol. The Morgan fingerprint density at radius 2 is 1.80 bits per heavy atom. The summed E-state index contributed by atoms with van der Waals surface area (Å²) in [5, 5.41) is 14.3. The number of hydrogen-bond donors (Lipinski definition) is 1. The fourth-order valence-corrected chi connectivity index (χ4v) is 7.76. The van der Waals surface area contributed by atoms with E-state index in [1.165, 1.54) is 11.8 Å². The summed E-state index contributed by atoms with van der Waals surface area (Å²) in [7, 11) is 4.16. The molecule has 0 radical (unpaired) electrons. The number of nitrogens with one attached hydrogen (secondary N) is 1. The molecule has 0 aromatic heterocycles. The lowest BCUT2D eigenvalue weighted by atomic mass is 10.2. The van der Waals surface area contributed by atoms with E-state index in [1.807, 2.05) is 56.4 Å². The Morgan fingerprint density at radius 3 is 2.56 bits per heavy atom. The van der Waals surface area contributed by atoms with Crippen molar-refractivity contribution < 1.29 is 9.53 Å². The molecule has 0 unspecified atom stereocenters. The second-order valence-corrected chi connectivity index (χ2v) is 13.2. The smallest absolute Gasteiger partial charge is 0.269 e. The first kappa shape index (κ1) is 31.0. The Kier molecular flexibility index (Phi) is 9.66. The van der Waals surface area contributed by atoms with Crippen LogP contribution in [0.15, 0.2) is 86.6 Å². The lowest BCUT2D eigenvalue weighted by molar-refractivity contribution is -0.122. The topological polar surface area (TPSA) is 87.4 Å². The molecule has 0 saturated carbocycles. The molecule has 11 heteroatoms. The monoisotopic (exact) mass is 639 g/mol. The molecular weight excluding hydrogens is 603 g/mol. The lowest BCUT2D eigenvalue weighted by Crippen LogP contribution is -2.45.